The van der Waals surface area contributed by atoms with Gasteiger partial charge in [0, 0.05) is 17.1 Å². The van der Waals surface area contributed by atoms with Crippen LogP contribution >= 0.6 is 0 Å². The lowest BCUT2D eigenvalue weighted by atomic mass is 10.1. The molecule has 0 saturated carbocycles. The van der Waals surface area contributed by atoms with Crippen molar-refractivity contribution < 1.29 is 17.9 Å². The second-order valence-electron chi connectivity index (χ2n) is 4.04. The maximum absolute atomic E-state index is 12.2. The molecule has 3 rings (SSSR count). The molecule has 1 aromatic carbocycles. The minimum atomic E-state index is -4.71. The van der Waals surface area contributed by atoms with Crippen molar-refractivity contribution in [3.63, 3.8) is 0 Å². The first-order valence-corrected chi connectivity index (χ1v) is 5.67. The highest BCUT2D eigenvalue weighted by atomic mass is 19.4. The van der Waals surface area contributed by atoms with Crippen LogP contribution < -0.4 is 4.74 Å². The van der Waals surface area contributed by atoms with Crippen LogP contribution in [0.15, 0.2) is 42.9 Å². The van der Waals surface area contributed by atoms with E-state index in [1.807, 2.05) is 0 Å². The molecule has 4 nitrogen and oxygen atoms in total. The number of benzene rings is 1. The van der Waals surface area contributed by atoms with Crippen molar-refractivity contribution in [1.29, 1.82) is 0 Å². The normalized spacial score (nSPS) is 11.8. The molecule has 0 radical (unpaired) electrons. The molecule has 1 N–H and O–H groups in total. The van der Waals surface area contributed by atoms with Crippen LogP contribution in [-0.2, 0) is 0 Å². The third-order valence-corrected chi connectivity index (χ3v) is 2.70. The van der Waals surface area contributed by atoms with E-state index < -0.39 is 6.36 Å². The first kappa shape index (κ1) is 12.5. The average Bonchev–Trinajstić information content (AvgIpc) is 2.85. The number of hydrogen-bond donors (Lipinski definition) is 1. The molecular weight excluding hydrogens is 271 g/mol. The van der Waals surface area contributed by atoms with Gasteiger partial charge >= 0.3 is 6.36 Å². The van der Waals surface area contributed by atoms with Crippen molar-refractivity contribution in [1.82, 2.24) is 15.0 Å². The summed E-state index contributed by atoms with van der Waals surface area (Å²) in [5.74, 6) is -0.280. The summed E-state index contributed by atoms with van der Waals surface area (Å²) >= 11 is 0. The Bertz CT molecular complexity index is 752. The van der Waals surface area contributed by atoms with E-state index in [9.17, 15) is 13.2 Å². The van der Waals surface area contributed by atoms with Crippen LogP contribution in [0.25, 0.3) is 22.3 Å². The van der Waals surface area contributed by atoms with Gasteiger partial charge in [-0.15, -0.1) is 13.2 Å². The number of alkyl halides is 3. The van der Waals surface area contributed by atoms with Crippen LogP contribution in [0, 0.1) is 0 Å². The number of aromatic nitrogens is 3. The zero-order chi connectivity index (χ0) is 14.2. The standard InChI is InChI=1S/C13H8F3N3O/c14-13(15,16)20-9-3-1-2-8(6-9)11-10-4-5-17-12(10)19-7-18-11/h1-7H,(H,17,18,19). The van der Waals surface area contributed by atoms with Crippen LogP contribution in [-0.4, -0.2) is 21.3 Å². The molecule has 2 heterocycles. The fraction of sp³-hybridized carbons (Fsp3) is 0.0769. The minimum Gasteiger partial charge on any atom is -0.406 e. The summed E-state index contributed by atoms with van der Waals surface area (Å²) in [6.45, 7) is 0. The summed E-state index contributed by atoms with van der Waals surface area (Å²) in [6, 6.07) is 7.45. The number of fused-ring (bicyclic) bond motifs is 1. The van der Waals surface area contributed by atoms with Gasteiger partial charge < -0.3 is 9.72 Å². The Morgan fingerprint density at radius 3 is 2.75 bits per heavy atom. The monoisotopic (exact) mass is 279 g/mol. The molecule has 0 aliphatic rings. The smallest absolute Gasteiger partial charge is 0.406 e. The number of hydrogen-bond acceptors (Lipinski definition) is 3. The van der Waals surface area contributed by atoms with E-state index in [1.165, 1.54) is 24.5 Å². The molecule has 7 heteroatoms. The van der Waals surface area contributed by atoms with Gasteiger partial charge in [0.2, 0.25) is 0 Å². The number of nitrogens with zero attached hydrogens (tertiary/aromatic N) is 2. The molecule has 0 spiro atoms. The third kappa shape index (κ3) is 2.42. The van der Waals surface area contributed by atoms with E-state index in [2.05, 4.69) is 19.7 Å². The van der Waals surface area contributed by atoms with Crippen molar-refractivity contribution in [3.05, 3.63) is 42.9 Å². The summed E-state index contributed by atoms with van der Waals surface area (Å²) in [5.41, 5.74) is 1.69. The quantitative estimate of drug-likeness (QED) is 0.780. The zero-order valence-electron chi connectivity index (χ0n) is 9.98. The van der Waals surface area contributed by atoms with Gasteiger partial charge in [0.1, 0.15) is 17.7 Å². The Morgan fingerprint density at radius 2 is 1.95 bits per heavy atom. The Hall–Kier alpha value is -2.57. The van der Waals surface area contributed by atoms with Gasteiger partial charge in [0.25, 0.3) is 0 Å². The van der Waals surface area contributed by atoms with Crippen LogP contribution in [0.4, 0.5) is 13.2 Å². The van der Waals surface area contributed by atoms with Crippen molar-refractivity contribution in [3.8, 4) is 17.0 Å². The number of nitrogens with one attached hydrogen (secondary N) is 1. The van der Waals surface area contributed by atoms with Crippen LogP contribution in [0.1, 0.15) is 0 Å². The Labute approximate surface area is 111 Å². The van der Waals surface area contributed by atoms with Crippen molar-refractivity contribution in [2.24, 2.45) is 0 Å². The molecule has 2 aromatic heterocycles. The van der Waals surface area contributed by atoms with Gasteiger partial charge in [-0.3, -0.25) is 0 Å². The highest BCUT2D eigenvalue weighted by Crippen LogP contribution is 2.29. The lowest BCUT2D eigenvalue weighted by molar-refractivity contribution is -0.274. The first-order chi connectivity index (χ1) is 9.53. The summed E-state index contributed by atoms with van der Waals surface area (Å²) in [4.78, 5) is 11.1. The molecule has 20 heavy (non-hydrogen) atoms. The van der Waals surface area contributed by atoms with Crippen molar-refractivity contribution in [2.75, 3.05) is 0 Å². The van der Waals surface area contributed by atoms with Gasteiger partial charge in [-0.25, -0.2) is 9.97 Å². The Morgan fingerprint density at radius 1 is 1.10 bits per heavy atom. The SMILES string of the molecule is FC(F)(F)Oc1cccc(-c2ncnc3[nH]ccc23)c1. The van der Waals surface area contributed by atoms with E-state index in [0.29, 0.717) is 16.9 Å². The average molecular weight is 279 g/mol. The van der Waals surface area contributed by atoms with E-state index in [-0.39, 0.29) is 5.75 Å². The molecule has 0 aliphatic carbocycles. The summed E-state index contributed by atoms with van der Waals surface area (Å²) in [6.07, 6.45) is -1.67. The number of H-pyrrole nitrogens is 1. The maximum Gasteiger partial charge on any atom is 0.573 e. The molecule has 0 atom stereocenters. The fourth-order valence-electron chi connectivity index (χ4n) is 1.94. The second-order valence-corrected chi connectivity index (χ2v) is 4.04. The lowest BCUT2D eigenvalue weighted by Gasteiger charge is -2.10. The highest BCUT2D eigenvalue weighted by molar-refractivity contribution is 5.90. The molecule has 0 fully saturated rings. The second kappa shape index (κ2) is 4.52. The number of aromatic amines is 1. The molecule has 0 amide bonds. The van der Waals surface area contributed by atoms with Gasteiger partial charge in [0.15, 0.2) is 0 Å². The van der Waals surface area contributed by atoms with Crippen LogP contribution in [0.5, 0.6) is 5.75 Å². The third-order valence-electron chi connectivity index (χ3n) is 2.70. The molecule has 3 aromatic rings. The maximum atomic E-state index is 12.2. The van der Waals surface area contributed by atoms with E-state index in [1.54, 1.807) is 18.3 Å². The molecule has 0 bridgehead atoms. The van der Waals surface area contributed by atoms with Gasteiger partial charge in [-0.05, 0) is 18.2 Å². The zero-order valence-corrected chi connectivity index (χ0v) is 9.98. The molecule has 0 saturated heterocycles. The van der Waals surface area contributed by atoms with Crippen LogP contribution in [0.2, 0.25) is 0 Å². The van der Waals surface area contributed by atoms with Crippen molar-refractivity contribution >= 4 is 11.0 Å². The van der Waals surface area contributed by atoms with Crippen LogP contribution in [0.3, 0.4) is 0 Å². The molecule has 102 valence electrons. The van der Waals surface area contributed by atoms with E-state index in [4.69, 9.17) is 0 Å². The van der Waals surface area contributed by atoms with Crippen molar-refractivity contribution in [2.45, 2.75) is 6.36 Å². The minimum absolute atomic E-state index is 0.280. The number of ether oxygens (including phenoxy) is 1. The Balaban J connectivity index is 2.06. The first-order valence-electron chi connectivity index (χ1n) is 5.67. The largest absolute Gasteiger partial charge is 0.573 e. The summed E-state index contributed by atoms with van der Waals surface area (Å²) in [5, 5.41) is 0.733. The van der Waals surface area contributed by atoms with Gasteiger partial charge in [0.05, 0.1) is 5.69 Å². The molecule has 0 aliphatic heterocycles. The predicted molar refractivity (Wildman–Crippen MR) is 66.0 cm³/mol. The highest BCUT2D eigenvalue weighted by Gasteiger charge is 2.31. The number of rotatable bonds is 2. The predicted octanol–water partition coefficient (Wildman–Crippen LogP) is 3.52. The van der Waals surface area contributed by atoms with Gasteiger partial charge in [-0.1, -0.05) is 12.1 Å². The molecular formula is C13H8F3N3O. The Kier molecular flexibility index (Phi) is 2.81. The summed E-state index contributed by atoms with van der Waals surface area (Å²) in [7, 11) is 0. The fourth-order valence-corrected chi connectivity index (χ4v) is 1.94. The molecule has 0 unspecified atom stereocenters. The summed E-state index contributed by atoms with van der Waals surface area (Å²) < 4.78 is 40.6. The topological polar surface area (TPSA) is 50.8 Å². The van der Waals surface area contributed by atoms with Gasteiger partial charge in [-0.2, -0.15) is 0 Å². The van der Waals surface area contributed by atoms with E-state index in [0.717, 1.165) is 5.39 Å². The lowest BCUT2D eigenvalue weighted by Crippen LogP contribution is -2.17. The van der Waals surface area contributed by atoms with E-state index >= 15 is 0 Å². The number of halogens is 3.